The van der Waals surface area contributed by atoms with Crippen LogP contribution in [0.3, 0.4) is 0 Å². The van der Waals surface area contributed by atoms with Gasteiger partial charge in [0.1, 0.15) is 0 Å². The molecular formula is C16H12Cl3N3OS. The Hall–Kier alpha value is -1.58. The first-order valence-electron chi connectivity index (χ1n) is 6.86. The van der Waals surface area contributed by atoms with E-state index in [0.717, 1.165) is 4.90 Å². The number of benzene rings is 2. The summed E-state index contributed by atoms with van der Waals surface area (Å²) in [4.78, 5) is 12.9. The summed E-state index contributed by atoms with van der Waals surface area (Å²) in [6.07, 6.45) is 0. The smallest absolute Gasteiger partial charge is 0.319 e. The van der Waals surface area contributed by atoms with Crippen LogP contribution in [0.4, 0.5) is 10.5 Å². The Morgan fingerprint density at radius 2 is 1.83 bits per heavy atom. The molecule has 2 N–H and O–H groups in total. The molecule has 2 aromatic rings. The summed E-state index contributed by atoms with van der Waals surface area (Å²) in [5, 5.41) is 15.4. The van der Waals surface area contributed by atoms with Gasteiger partial charge in [0.25, 0.3) is 0 Å². The third kappa shape index (κ3) is 4.71. The number of carbonyl (C=O) groups is 1. The Balaban J connectivity index is 2.26. The number of anilines is 1. The molecule has 0 spiro atoms. The summed E-state index contributed by atoms with van der Waals surface area (Å²) in [6, 6.07) is 9.90. The zero-order valence-corrected chi connectivity index (χ0v) is 15.6. The molecule has 2 amide bonds. The van der Waals surface area contributed by atoms with Crippen LogP contribution in [0, 0.1) is 11.3 Å². The highest BCUT2D eigenvalue weighted by Crippen LogP contribution is 2.42. The van der Waals surface area contributed by atoms with E-state index in [1.54, 1.807) is 30.3 Å². The van der Waals surface area contributed by atoms with Gasteiger partial charge in [-0.3, -0.25) is 0 Å². The largest absolute Gasteiger partial charge is 0.338 e. The lowest BCUT2D eigenvalue weighted by Gasteiger charge is -2.12. The molecule has 2 aromatic carbocycles. The molecule has 0 aliphatic carbocycles. The van der Waals surface area contributed by atoms with Crippen molar-refractivity contribution < 1.29 is 4.79 Å². The maximum Gasteiger partial charge on any atom is 0.319 e. The average Bonchev–Trinajstić information content (AvgIpc) is 2.52. The summed E-state index contributed by atoms with van der Waals surface area (Å²) in [5.41, 5.74) is 0.967. The molecule has 124 valence electrons. The molecule has 2 rings (SSSR count). The fraction of sp³-hybridized carbons (Fsp3) is 0.125. The number of halogens is 3. The minimum Gasteiger partial charge on any atom is -0.338 e. The maximum absolute atomic E-state index is 11.6. The Labute approximate surface area is 159 Å². The second-order valence-electron chi connectivity index (χ2n) is 4.61. The minimum atomic E-state index is -0.333. The normalized spacial score (nSPS) is 10.1. The van der Waals surface area contributed by atoms with E-state index in [4.69, 9.17) is 40.1 Å². The first-order chi connectivity index (χ1) is 11.4. The standard InChI is InChI=1S/C16H12Cl3N3OS/c1-2-21-16(23)22-10-6-12(18)15(13(19)7-10)24-14-4-3-9(8-20)5-11(14)17/h3-7H,2H2,1H3,(H2,21,22,23). The molecule has 0 unspecified atom stereocenters. The minimum absolute atomic E-state index is 0.333. The molecule has 0 aliphatic rings. The van der Waals surface area contributed by atoms with Gasteiger partial charge in [-0.25, -0.2) is 4.79 Å². The van der Waals surface area contributed by atoms with E-state index >= 15 is 0 Å². The molecule has 0 radical (unpaired) electrons. The molecule has 0 atom stereocenters. The topological polar surface area (TPSA) is 64.9 Å². The van der Waals surface area contributed by atoms with Crippen molar-refractivity contribution in [3.63, 3.8) is 0 Å². The first-order valence-corrected chi connectivity index (χ1v) is 8.81. The number of hydrogen-bond donors (Lipinski definition) is 2. The predicted molar refractivity (Wildman–Crippen MR) is 99.4 cm³/mol. The molecule has 0 aromatic heterocycles. The quantitative estimate of drug-likeness (QED) is 0.680. The SMILES string of the molecule is CCNC(=O)Nc1cc(Cl)c(Sc2ccc(C#N)cc2Cl)c(Cl)c1. The van der Waals surface area contributed by atoms with Gasteiger partial charge in [0.15, 0.2) is 0 Å². The molecular weight excluding hydrogens is 389 g/mol. The van der Waals surface area contributed by atoms with Gasteiger partial charge in [-0.2, -0.15) is 5.26 Å². The van der Waals surface area contributed by atoms with Crippen molar-refractivity contribution in [1.82, 2.24) is 5.32 Å². The average molecular weight is 401 g/mol. The van der Waals surface area contributed by atoms with Crippen molar-refractivity contribution >= 4 is 58.3 Å². The van der Waals surface area contributed by atoms with Gasteiger partial charge in [0.2, 0.25) is 0 Å². The summed E-state index contributed by atoms with van der Waals surface area (Å²) in [6.45, 7) is 2.33. The fourth-order valence-electron chi connectivity index (χ4n) is 1.83. The van der Waals surface area contributed by atoms with E-state index in [1.807, 2.05) is 13.0 Å². The number of urea groups is 1. The van der Waals surface area contributed by atoms with E-state index in [0.29, 0.717) is 37.8 Å². The van der Waals surface area contributed by atoms with Crippen molar-refractivity contribution in [2.45, 2.75) is 16.7 Å². The van der Waals surface area contributed by atoms with Crippen molar-refractivity contribution in [2.75, 3.05) is 11.9 Å². The van der Waals surface area contributed by atoms with Crippen LogP contribution in [-0.2, 0) is 0 Å². The summed E-state index contributed by atoms with van der Waals surface area (Å²) < 4.78 is 0. The molecule has 24 heavy (non-hydrogen) atoms. The highest BCUT2D eigenvalue weighted by Gasteiger charge is 2.13. The summed E-state index contributed by atoms with van der Waals surface area (Å²) in [5.74, 6) is 0. The number of amides is 2. The number of hydrogen-bond acceptors (Lipinski definition) is 3. The third-order valence-electron chi connectivity index (χ3n) is 2.87. The van der Waals surface area contributed by atoms with E-state index in [1.165, 1.54) is 11.8 Å². The van der Waals surface area contributed by atoms with Crippen LogP contribution < -0.4 is 10.6 Å². The van der Waals surface area contributed by atoms with Gasteiger partial charge in [-0.15, -0.1) is 0 Å². The molecule has 0 bridgehead atoms. The fourth-order valence-corrected chi connectivity index (χ4v) is 3.67. The highest BCUT2D eigenvalue weighted by molar-refractivity contribution is 7.99. The Morgan fingerprint density at radius 3 is 2.38 bits per heavy atom. The number of nitriles is 1. The van der Waals surface area contributed by atoms with Gasteiger partial charge >= 0.3 is 6.03 Å². The molecule has 0 saturated heterocycles. The van der Waals surface area contributed by atoms with E-state index in [9.17, 15) is 4.79 Å². The van der Waals surface area contributed by atoms with Crippen LogP contribution >= 0.6 is 46.6 Å². The van der Waals surface area contributed by atoms with Gasteiger partial charge in [-0.05, 0) is 37.3 Å². The lowest BCUT2D eigenvalue weighted by molar-refractivity contribution is 0.252. The number of nitrogens with one attached hydrogen (secondary N) is 2. The number of rotatable bonds is 4. The van der Waals surface area contributed by atoms with Gasteiger partial charge in [0, 0.05) is 22.0 Å². The molecule has 8 heteroatoms. The zero-order chi connectivity index (χ0) is 17.7. The number of nitrogens with zero attached hydrogens (tertiary/aromatic N) is 1. The molecule has 0 fully saturated rings. The van der Waals surface area contributed by atoms with Crippen molar-refractivity contribution in [3.05, 3.63) is 51.0 Å². The monoisotopic (exact) mass is 399 g/mol. The molecule has 0 heterocycles. The van der Waals surface area contributed by atoms with Crippen LogP contribution in [0.5, 0.6) is 0 Å². The van der Waals surface area contributed by atoms with Crippen molar-refractivity contribution in [1.29, 1.82) is 5.26 Å². The van der Waals surface area contributed by atoms with Gasteiger partial charge in [-0.1, -0.05) is 46.6 Å². The van der Waals surface area contributed by atoms with Crippen LogP contribution in [0.15, 0.2) is 40.1 Å². The van der Waals surface area contributed by atoms with Crippen molar-refractivity contribution in [3.8, 4) is 6.07 Å². The Kier molecular flexibility index (Phi) is 6.64. The lowest BCUT2D eigenvalue weighted by Crippen LogP contribution is -2.28. The van der Waals surface area contributed by atoms with Crippen molar-refractivity contribution in [2.24, 2.45) is 0 Å². The van der Waals surface area contributed by atoms with Crippen LogP contribution in [0.2, 0.25) is 15.1 Å². The summed E-state index contributed by atoms with van der Waals surface area (Å²) >= 11 is 20.0. The number of carbonyl (C=O) groups excluding carboxylic acids is 1. The van der Waals surface area contributed by atoms with E-state index < -0.39 is 0 Å². The predicted octanol–water partition coefficient (Wildman–Crippen LogP) is 5.81. The Bertz CT molecular complexity index is 798. The molecule has 4 nitrogen and oxygen atoms in total. The van der Waals surface area contributed by atoms with E-state index in [-0.39, 0.29) is 6.03 Å². The summed E-state index contributed by atoms with van der Waals surface area (Å²) in [7, 11) is 0. The zero-order valence-electron chi connectivity index (χ0n) is 12.5. The van der Waals surface area contributed by atoms with Crippen LogP contribution in [-0.4, -0.2) is 12.6 Å². The molecule has 0 aliphatic heterocycles. The van der Waals surface area contributed by atoms with E-state index in [2.05, 4.69) is 10.6 Å². The second-order valence-corrected chi connectivity index (χ2v) is 6.89. The second kappa shape index (κ2) is 8.50. The molecule has 0 saturated carbocycles. The first kappa shape index (κ1) is 18.8. The lowest BCUT2D eigenvalue weighted by atomic mass is 10.2. The Morgan fingerprint density at radius 1 is 1.17 bits per heavy atom. The van der Waals surface area contributed by atoms with Gasteiger partial charge in [0.05, 0.1) is 26.7 Å². The third-order valence-corrected chi connectivity index (χ3v) is 5.33. The van der Waals surface area contributed by atoms with Gasteiger partial charge < -0.3 is 10.6 Å². The van der Waals surface area contributed by atoms with Crippen LogP contribution in [0.1, 0.15) is 12.5 Å². The maximum atomic E-state index is 11.6. The highest BCUT2D eigenvalue weighted by atomic mass is 35.5. The van der Waals surface area contributed by atoms with Crippen LogP contribution in [0.25, 0.3) is 0 Å².